The van der Waals surface area contributed by atoms with Gasteiger partial charge in [0.2, 0.25) is 11.7 Å². The summed E-state index contributed by atoms with van der Waals surface area (Å²) in [5, 5.41) is 12.4. The van der Waals surface area contributed by atoms with Gasteiger partial charge in [-0.15, -0.1) is 5.10 Å². The Morgan fingerprint density at radius 1 is 1.23 bits per heavy atom. The van der Waals surface area contributed by atoms with E-state index in [-0.39, 0.29) is 12.3 Å². The average molecular weight is 370 g/mol. The molecule has 26 heavy (non-hydrogen) atoms. The van der Waals surface area contributed by atoms with Crippen LogP contribution in [-0.4, -0.2) is 37.3 Å². The number of aromatic nitrogens is 4. The highest BCUT2D eigenvalue weighted by atomic mass is 32.2. The van der Waals surface area contributed by atoms with Gasteiger partial charge in [0.15, 0.2) is 5.16 Å². The molecule has 0 saturated carbocycles. The quantitative estimate of drug-likeness (QED) is 0.462. The van der Waals surface area contributed by atoms with Crippen molar-refractivity contribution in [3.63, 3.8) is 0 Å². The van der Waals surface area contributed by atoms with Crippen molar-refractivity contribution in [1.29, 1.82) is 0 Å². The van der Waals surface area contributed by atoms with Gasteiger partial charge in [0.25, 0.3) is 0 Å². The molecule has 4 rings (SSSR count). The summed E-state index contributed by atoms with van der Waals surface area (Å²) in [6.45, 7) is 0.209. The van der Waals surface area contributed by atoms with Crippen LogP contribution in [0, 0.1) is 0 Å². The van der Waals surface area contributed by atoms with Crippen LogP contribution in [0.25, 0.3) is 16.8 Å². The van der Waals surface area contributed by atoms with Gasteiger partial charge in [0.05, 0.1) is 29.6 Å². The van der Waals surface area contributed by atoms with Crippen LogP contribution >= 0.6 is 11.8 Å². The van der Waals surface area contributed by atoms with Gasteiger partial charge in [-0.1, -0.05) is 23.9 Å². The fraction of sp³-hybridized carbons (Fsp3) is 0.125. The number of fused-ring (bicyclic) bond motifs is 3. The van der Waals surface area contributed by atoms with Crippen LogP contribution in [0.15, 0.2) is 52.2 Å². The van der Waals surface area contributed by atoms with E-state index in [0.29, 0.717) is 16.7 Å². The molecular weight excluding hydrogens is 356 g/mol. The van der Waals surface area contributed by atoms with Gasteiger partial charge in [0.1, 0.15) is 5.76 Å². The summed E-state index contributed by atoms with van der Waals surface area (Å²) in [5.74, 6) is 0.825. The van der Waals surface area contributed by atoms with Crippen molar-refractivity contribution in [3.05, 3.63) is 48.4 Å². The lowest BCUT2D eigenvalue weighted by molar-refractivity contribution is -0.117. The summed E-state index contributed by atoms with van der Waals surface area (Å²) >= 11 is 1.21. The van der Waals surface area contributed by atoms with Crippen LogP contribution in [0.5, 0.6) is 0 Å². The van der Waals surface area contributed by atoms with Crippen molar-refractivity contribution in [3.8, 4) is 0 Å². The van der Waals surface area contributed by atoms with Gasteiger partial charge in [-0.05, 0) is 24.3 Å². The summed E-state index contributed by atoms with van der Waals surface area (Å²) < 4.78 is 6.94. The van der Waals surface area contributed by atoms with Crippen molar-refractivity contribution in [2.75, 3.05) is 5.75 Å². The Bertz CT molecular complexity index is 1070. The third-order valence-electron chi connectivity index (χ3n) is 3.59. The second kappa shape index (κ2) is 6.92. The van der Waals surface area contributed by atoms with E-state index in [1.54, 1.807) is 12.1 Å². The number of rotatable bonds is 5. The van der Waals surface area contributed by atoms with E-state index in [0.717, 1.165) is 11.0 Å². The van der Waals surface area contributed by atoms with E-state index in [1.807, 2.05) is 28.7 Å². The zero-order valence-corrected chi connectivity index (χ0v) is 14.2. The molecule has 0 fully saturated rings. The Labute approximate surface area is 151 Å². The van der Waals surface area contributed by atoms with E-state index in [9.17, 15) is 9.59 Å². The van der Waals surface area contributed by atoms with Crippen LogP contribution in [0.4, 0.5) is 4.79 Å². The topological polar surface area (TPSA) is 117 Å². The Kier molecular flexibility index (Phi) is 4.32. The lowest BCUT2D eigenvalue weighted by Gasteiger charge is -2.05. The zero-order valence-electron chi connectivity index (χ0n) is 13.4. The molecule has 0 aliphatic heterocycles. The number of furan rings is 1. The minimum atomic E-state index is -0.577. The molecule has 0 aliphatic rings. The smallest absolute Gasteiger partial charge is 0.321 e. The fourth-order valence-corrected chi connectivity index (χ4v) is 3.21. The number of hydrogen-bond donors (Lipinski definition) is 3. The van der Waals surface area contributed by atoms with Gasteiger partial charge < -0.3 is 9.73 Å². The molecule has 0 radical (unpaired) electrons. The molecule has 10 heteroatoms. The largest absolute Gasteiger partial charge is 0.467 e. The molecule has 0 bridgehead atoms. The van der Waals surface area contributed by atoms with E-state index in [4.69, 9.17) is 4.42 Å². The molecule has 3 N–H and O–H groups in total. The standard InChI is InChI=1S/C16H14N6O3S/c23-13(19-15(24)17-8-10-4-3-7-25-10)9-26-16-21-20-14-18-11-5-1-2-6-12(11)22(14)16/h1-7H,8-9H2,(H,18,20)(H2,17,19,23,24). The molecular formula is C16H14N6O3S. The Hall–Kier alpha value is -3.27. The number of nitrogens with one attached hydrogen (secondary N) is 3. The first-order valence-electron chi connectivity index (χ1n) is 7.75. The third kappa shape index (κ3) is 3.26. The Balaban J connectivity index is 1.35. The monoisotopic (exact) mass is 370 g/mol. The zero-order chi connectivity index (χ0) is 17.9. The fourth-order valence-electron chi connectivity index (χ4n) is 2.46. The minimum absolute atomic E-state index is 0.0423. The molecule has 9 nitrogen and oxygen atoms in total. The number of carbonyl (C=O) groups is 2. The number of H-pyrrole nitrogens is 1. The SMILES string of the molecule is O=C(CSc1n[nH]c2nc3ccccc3n12)NC(=O)NCc1ccco1. The maximum absolute atomic E-state index is 12.0. The maximum atomic E-state index is 12.0. The van der Waals surface area contributed by atoms with Crippen LogP contribution in [0.1, 0.15) is 5.76 Å². The number of carbonyl (C=O) groups excluding carboxylic acids is 2. The number of urea groups is 1. The maximum Gasteiger partial charge on any atom is 0.321 e. The van der Waals surface area contributed by atoms with Crippen LogP contribution in [0.2, 0.25) is 0 Å². The van der Waals surface area contributed by atoms with Crippen molar-refractivity contribution < 1.29 is 14.0 Å². The van der Waals surface area contributed by atoms with E-state index < -0.39 is 11.9 Å². The number of benzene rings is 1. The van der Waals surface area contributed by atoms with Crippen molar-refractivity contribution >= 4 is 40.5 Å². The van der Waals surface area contributed by atoms with Crippen LogP contribution in [0.3, 0.4) is 0 Å². The minimum Gasteiger partial charge on any atom is -0.467 e. The summed E-state index contributed by atoms with van der Waals surface area (Å²) in [5.41, 5.74) is 1.74. The van der Waals surface area contributed by atoms with E-state index in [2.05, 4.69) is 25.8 Å². The predicted molar refractivity (Wildman–Crippen MR) is 94.7 cm³/mol. The molecule has 3 aromatic heterocycles. The first-order valence-corrected chi connectivity index (χ1v) is 8.74. The molecule has 0 saturated heterocycles. The van der Waals surface area contributed by atoms with Crippen molar-refractivity contribution in [2.45, 2.75) is 11.7 Å². The number of amides is 3. The molecule has 132 valence electrons. The first kappa shape index (κ1) is 16.2. The van der Waals surface area contributed by atoms with Crippen molar-refractivity contribution in [2.24, 2.45) is 0 Å². The van der Waals surface area contributed by atoms with Gasteiger partial charge >= 0.3 is 6.03 Å². The number of imidazole rings is 1. The summed E-state index contributed by atoms with van der Waals surface area (Å²) in [7, 11) is 0. The number of imide groups is 1. The van der Waals surface area contributed by atoms with Crippen molar-refractivity contribution in [1.82, 2.24) is 30.2 Å². The number of nitrogens with zero attached hydrogens (tertiary/aromatic N) is 3. The third-order valence-corrected chi connectivity index (χ3v) is 4.53. The highest BCUT2D eigenvalue weighted by Crippen LogP contribution is 2.22. The second-order valence-corrected chi connectivity index (χ2v) is 6.31. The van der Waals surface area contributed by atoms with Crippen LogP contribution in [-0.2, 0) is 11.3 Å². The normalized spacial score (nSPS) is 11.1. The lowest BCUT2D eigenvalue weighted by atomic mass is 10.3. The van der Waals surface area contributed by atoms with Gasteiger partial charge in [-0.3, -0.25) is 14.5 Å². The molecule has 3 amide bonds. The lowest BCUT2D eigenvalue weighted by Crippen LogP contribution is -2.39. The molecule has 3 heterocycles. The molecule has 0 unspecified atom stereocenters. The number of thioether (sulfide) groups is 1. The molecule has 4 aromatic rings. The number of aromatic amines is 1. The average Bonchev–Trinajstić information content (AvgIpc) is 3.35. The summed E-state index contributed by atoms with van der Waals surface area (Å²) in [4.78, 5) is 28.1. The Morgan fingerprint density at radius 2 is 2.12 bits per heavy atom. The highest BCUT2D eigenvalue weighted by molar-refractivity contribution is 7.99. The molecule has 0 spiro atoms. The van der Waals surface area contributed by atoms with Gasteiger partial charge in [-0.2, -0.15) is 0 Å². The first-order chi connectivity index (χ1) is 12.7. The second-order valence-electron chi connectivity index (χ2n) is 5.36. The number of para-hydroxylation sites is 2. The molecule has 0 aliphatic carbocycles. The summed E-state index contributed by atoms with van der Waals surface area (Å²) in [6.07, 6.45) is 1.52. The highest BCUT2D eigenvalue weighted by Gasteiger charge is 2.14. The summed E-state index contributed by atoms with van der Waals surface area (Å²) in [6, 6.07) is 10.5. The molecule has 1 aromatic carbocycles. The van der Waals surface area contributed by atoms with E-state index in [1.165, 1.54) is 18.0 Å². The Morgan fingerprint density at radius 3 is 2.96 bits per heavy atom. The van der Waals surface area contributed by atoms with E-state index >= 15 is 0 Å². The van der Waals surface area contributed by atoms with Gasteiger partial charge in [-0.25, -0.2) is 14.9 Å². The van der Waals surface area contributed by atoms with Gasteiger partial charge in [0, 0.05) is 0 Å². The number of hydrogen-bond acceptors (Lipinski definition) is 6. The van der Waals surface area contributed by atoms with Crippen LogP contribution < -0.4 is 10.6 Å². The predicted octanol–water partition coefficient (Wildman–Crippen LogP) is 1.92. The molecule has 0 atom stereocenters.